The van der Waals surface area contributed by atoms with Crippen molar-refractivity contribution in [3.63, 3.8) is 0 Å². The summed E-state index contributed by atoms with van der Waals surface area (Å²) in [6, 6.07) is 4.71. The maximum atomic E-state index is 11.9. The molecule has 0 aromatic heterocycles. The lowest BCUT2D eigenvalue weighted by molar-refractivity contribution is -0.452. The van der Waals surface area contributed by atoms with Gasteiger partial charge in [0, 0.05) is 0 Å². The van der Waals surface area contributed by atoms with Crippen molar-refractivity contribution in [1.29, 1.82) is 0 Å². The van der Waals surface area contributed by atoms with E-state index in [4.69, 9.17) is 14.2 Å². The zero-order chi connectivity index (χ0) is 16.5. The van der Waals surface area contributed by atoms with E-state index < -0.39 is 12.1 Å². The fourth-order valence-electron chi connectivity index (χ4n) is 1.44. The van der Waals surface area contributed by atoms with E-state index >= 15 is 0 Å². The van der Waals surface area contributed by atoms with E-state index in [0.29, 0.717) is 6.42 Å². The van der Waals surface area contributed by atoms with E-state index in [2.05, 4.69) is 14.8 Å². The van der Waals surface area contributed by atoms with Crippen molar-refractivity contribution in [2.45, 2.75) is 26.4 Å². The van der Waals surface area contributed by atoms with Gasteiger partial charge in [0.1, 0.15) is 23.2 Å². The third-order valence-electron chi connectivity index (χ3n) is 2.72. The summed E-state index contributed by atoms with van der Waals surface area (Å²) < 4.78 is 14.8. The Hall–Kier alpha value is -2.48. The molecule has 122 valence electrons. The van der Waals surface area contributed by atoms with Gasteiger partial charge in [0.15, 0.2) is 0 Å². The molecule has 1 aromatic rings. The Morgan fingerprint density at radius 3 is 2.18 bits per heavy atom. The van der Waals surface area contributed by atoms with Crippen LogP contribution in [0, 0.1) is 0 Å². The highest BCUT2D eigenvalue weighted by atomic mass is 17.5. The van der Waals surface area contributed by atoms with Gasteiger partial charge >= 0.3 is 12.1 Å². The van der Waals surface area contributed by atoms with Gasteiger partial charge in [-0.1, -0.05) is 13.0 Å². The molecule has 0 amide bonds. The zero-order valence-corrected chi connectivity index (χ0v) is 12.8. The molecule has 0 fully saturated rings. The Kier molecular flexibility index (Phi) is 6.97. The lowest BCUT2D eigenvalue weighted by atomic mass is 10.2. The van der Waals surface area contributed by atoms with Crippen molar-refractivity contribution in [3.8, 4) is 11.5 Å². The molecule has 0 saturated carbocycles. The molecule has 22 heavy (non-hydrogen) atoms. The smallest absolute Gasteiger partial charge is 0.496 e. The largest absolute Gasteiger partial charge is 0.543 e. The molecule has 0 aliphatic rings. The zero-order valence-electron chi connectivity index (χ0n) is 12.8. The van der Waals surface area contributed by atoms with Crippen molar-refractivity contribution in [1.82, 2.24) is 0 Å². The molecule has 8 nitrogen and oxygen atoms in total. The van der Waals surface area contributed by atoms with Crippen LogP contribution in [0.2, 0.25) is 0 Å². The molecule has 0 aliphatic carbocycles. The second-order valence-corrected chi connectivity index (χ2v) is 4.15. The van der Waals surface area contributed by atoms with Crippen LogP contribution >= 0.6 is 0 Å². The summed E-state index contributed by atoms with van der Waals surface area (Å²) in [5.41, 5.74) is -0.00797. The van der Waals surface area contributed by atoms with Crippen LogP contribution in [-0.2, 0) is 19.6 Å². The third kappa shape index (κ3) is 4.81. The highest BCUT2D eigenvalue weighted by Gasteiger charge is 2.22. The summed E-state index contributed by atoms with van der Waals surface area (Å²) in [4.78, 5) is 31.6. The summed E-state index contributed by atoms with van der Waals surface area (Å²) in [6.45, 7) is 3.50. The van der Waals surface area contributed by atoms with Gasteiger partial charge in [-0.25, -0.2) is 14.5 Å². The van der Waals surface area contributed by atoms with Crippen molar-refractivity contribution in [2.75, 3.05) is 14.2 Å². The van der Waals surface area contributed by atoms with Crippen molar-refractivity contribution in [3.05, 3.63) is 23.8 Å². The molecule has 1 atom stereocenters. The van der Waals surface area contributed by atoms with E-state index in [1.807, 2.05) is 6.92 Å². The highest BCUT2D eigenvalue weighted by molar-refractivity contribution is 5.95. The first kappa shape index (κ1) is 17.6. The first-order chi connectivity index (χ1) is 10.5. The molecule has 0 spiro atoms. The molecule has 1 aromatic carbocycles. The molecule has 1 rings (SSSR count). The van der Waals surface area contributed by atoms with Crippen LogP contribution in [0.1, 0.15) is 30.6 Å². The maximum absolute atomic E-state index is 11.9. The van der Waals surface area contributed by atoms with E-state index in [-0.39, 0.29) is 23.2 Å². The van der Waals surface area contributed by atoms with Crippen LogP contribution in [0.5, 0.6) is 11.5 Å². The molecule has 0 N–H and O–H groups in total. The molecule has 0 aliphatic heterocycles. The predicted octanol–water partition coefficient (Wildman–Crippen LogP) is 2.66. The van der Waals surface area contributed by atoms with Gasteiger partial charge in [0.05, 0.1) is 19.3 Å². The number of ether oxygens (including phenoxy) is 3. The monoisotopic (exact) mass is 314 g/mol. The van der Waals surface area contributed by atoms with E-state index in [9.17, 15) is 9.59 Å². The molecule has 0 heterocycles. The lowest BCUT2D eigenvalue weighted by Crippen LogP contribution is -2.17. The van der Waals surface area contributed by atoms with Gasteiger partial charge in [-0.05, 0) is 25.5 Å². The van der Waals surface area contributed by atoms with Crippen LogP contribution in [0.4, 0.5) is 4.79 Å². The summed E-state index contributed by atoms with van der Waals surface area (Å²) >= 11 is 0. The lowest BCUT2D eigenvalue weighted by Gasteiger charge is -2.11. The molecular formula is C14H18O8. The van der Waals surface area contributed by atoms with Crippen LogP contribution in [0.15, 0.2) is 18.2 Å². The highest BCUT2D eigenvalue weighted by Crippen LogP contribution is 2.28. The van der Waals surface area contributed by atoms with Gasteiger partial charge in [-0.2, -0.15) is 0 Å². The van der Waals surface area contributed by atoms with Gasteiger partial charge < -0.3 is 14.2 Å². The van der Waals surface area contributed by atoms with Gasteiger partial charge in [-0.15, -0.1) is 0 Å². The number of carbonyl (C=O) groups excluding carboxylic acids is 2. The first-order valence-electron chi connectivity index (χ1n) is 6.50. The van der Waals surface area contributed by atoms with Crippen molar-refractivity contribution < 1.29 is 38.6 Å². The minimum atomic E-state index is -1.12. The average Bonchev–Trinajstić information content (AvgIpc) is 2.53. The SMILES string of the molecule is CCC(C)OC(=O)OOOC(=O)c1c(OC)cccc1OC. The summed E-state index contributed by atoms with van der Waals surface area (Å²) in [5, 5.41) is 4.12. The molecule has 1 unspecified atom stereocenters. The summed E-state index contributed by atoms with van der Waals surface area (Å²) in [6.07, 6.45) is -0.858. The second-order valence-electron chi connectivity index (χ2n) is 4.15. The van der Waals surface area contributed by atoms with Crippen LogP contribution in [0.25, 0.3) is 0 Å². The summed E-state index contributed by atoms with van der Waals surface area (Å²) in [5.74, 6) is -0.518. The minimum absolute atomic E-state index is 0.00797. The standard InChI is InChI=1S/C14H18O8/c1-5-9(2)19-14(16)21-22-20-13(15)12-10(17-3)7-6-8-11(12)18-4/h6-9H,5H2,1-4H3. The number of rotatable bonds is 7. The number of hydrogen-bond acceptors (Lipinski definition) is 8. The van der Waals surface area contributed by atoms with Crippen LogP contribution < -0.4 is 9.47 Å². The van der Waals surface area contributed by atoms with Gasteiger partial charge in [-0.3, -0.25) is 4.89 Å². The Bertz CT molecular complexity index is 491. The quantitative estimate of drug-likeness (QED) is 0.431. The summed E-state index contributed by atoms with van der Waals surface area (Å²) in [7, 11) is 2.76. The third-order valence-corrected chi connectivity index (χ3v) is 2.72. The Morgan fingerprint density at radius 1 is 1.09 bits per heavy atom. The fraction of sp³-hybridized carbons (Fsp3) is 0.429. The molecule has 8 heteroatoms. The van der Waals surface area contributed by atoms with Crippen LogP contribution in [0.3, 0.4) is 0 Å². The fourth-order valence-corrected chi connectivity index (χ4v) is 1.44. The maximum Gasteiger partial charge on any atom is 0.543 e. The van der Waals surface area contributed by atoms with Crippen LogP contribution in [-0.4, -0.2) is 32.4 Å². The number of benzene rings is 1. The van der Waals surface area contributed by atoms with Crippen molar-refractivity contribution >= 4 is 12.1 Å². The first-order valence-corrected chi connectivity index (χ1v) is 6.50. The molecule has 0 radical (unpaired) electrons. The predicted molar refractivity (Wildman–Crippen MR) is 73.4 cm³/mol. The van der Waals surface area contributed by atoms with E-state index in [0.717, 1.165) is 0 Å². The molecule has 0 bridgehead atoms. The minimum Gasteiger partial charge on any atom is -0.496 e. The Balaban J connectivity index is 2.61. The second kappa shape index (κ2) is 8.73. The average molecular weight is 314 g/mol. The Labute approximate surface area is 127 Å². The van der Waals surface area contributed by atoms with E-state index in [1.165, 1.54) is 26.4 Å². The molecule has 0 saturated heterocycles. The molecular weight excluding hydrogens is 296 g/mol. The normalized spacial score (nSPS) is 11.3. The van der Waals surface area contributed by atoms with Crippen molar-refractivity contribution in [2.24, 2.45) is 0 Å². The number of hydrogen-bond donors (Lipinski definition) is 0. The van der Waals surface area contributed by atoms with Gasteiger partial charge in [0.25, 0.3) is 0 Å². The number of carbonyl (C=O) groups is 2. The topological polar surface area (TPSA) is 89.5 Å². The number of methoxy groups -OCH3 is 2. The Morgan fingerprint density at radius 2 is 1.68 bits per heavy atom. The van der Waals surface area contributed by atoms with E-state index in [1.54, 1.807) is 13.0 Å². The van der Waals surface area contributed by atoms with Gasteiger partial charge in [0.2, 0.25) is 0 Å².